The first-order chi connectivity index (χ1) is 14.8. The standard InChI is InChI=1S/C24H27NO4S2/c1-17(16-30-22(26)14-19-9-5-3-6-10-19)23(27)25(24(28)29)15-21(13-18(25)2)31-20-11-7-4-8-12-20/h3-12,17-18,21H,13-16H2,1-2H3/p+1/t17?,18-,21-,25-/m1/s1. The molecule has 0 aromatic heterocycles. The molecule has 164 valence electrons. The summed E-state index contributed by atoms with van der Waals surface area (Å²) in [5, 5.41) is 10.1. The minimum atomic E-state index is -1.10. The molecule has 5 nitrogen and oxygen atoms in total. The Balaban J connectivity index is 1.63. The highest BCUT2D eigenvalue weighted by Gasteiger charge is 2.57. The van der Waals surface area contributed by atoms with Gasteiger partial charge in [0, 0.05) is 23.5 Å². The van der Waals surface area contributed by atoms with E-state index in [-0.39, 0.29) is 28.9 Å². The van der Waals surface area contributed by atoms with Crippen LogP contribution in [0, 0.1) is 5.92 Å². The molecule has 0 aliphatic carbocycles. The zero-order valence-electron chi connectivity index (χ0n) is 17.8. The van der Waals surface area contributed by atoms with Gasteiger partial charge in [-0.2, -0.15) is 9.28 Å². The van der Waals surface area contributed by atoms with Crippen molar-refractivity contribution in [2.75, 3.05) is 12.3 Å². The molecule has 0 radical (unpaired) electrons. The molecule has 0 spiro atoms. The third-order valence-electron chi connectivity index (χ3n) is 5.74. The van der Waals surface area contributed by atoms with E-state index in [0.717, 1.165) is 22.2 Å². The van der Waals surface area contributed by atoms with Crippen LogP contribution in [-0.2, 0) is 16.0 Å². The fraction of sp³-hybridized carbons (Fsp3) is 0.375. The van der Waals surface area contributed by atoms with Crippen LogP contribution in [0.5, 0.6) is 0 Å². The Morgan fingerprint density at radius 2 is 1.68 bits per heavy atom. The molecule has 0 saturated carbocycles. The lowest BCUT2D eigenvalue weighted by Crippen LogP contribution is -2.61. The lowest BCUT2D eigenvalue weighted by molar-refractivity contribution is -0.793. The Hall–Kier alpha value is -2.09. The maximum absolute atomic E-state index is 13.3. The monoisotopic (exact) mass is 458 g/mol. The molecular weight excluding hydrogens is 430 g/mol. The number of carbonyl (C=O) groups is 3. The summed E-state index contributed by atoms with van der Waals surface area (Å²) >= 11 is 2.75. The van der Waals surface area contributed by atoms with Crippen LogP contribution in [0.1, 0.15) is 25.8 Å². The van der Waals surface area contributed by atoms with E-state index in [9.17, 15) is 19.5 Å². The van der Waals surface area contributed by atoms with Gasteiger partial charge in [-0.25, -0.2) is 4.79 Å². The molecule has 31 heavy (non-hydrogen) atoms. The summed E-state index contributed by atoms with van der Waals surface area (Å²) in [6, 6.07) is 19.0. The van der Waals surface area contributed by atoms with Gasteiger partial charge in [0.05, 0.1) is 11.2 Å². The highest BCUT2D eigenvalue weighted by molar-refractivity contribution is 8.13. The van der Waals surface area contributed by atoms with Crippen molar-refractivity contribution < 1.29 is 24.0 Å². The number of nitrogens with zero attached hydrogens (tertiary/aromatic N) is 1. The molecule has 1 N–H and O–H groups in total. The van der Waals surface area contributed by atoms with E-state index >= 15 is 0 Å². The smallest absolute Gasteiger partial charge is 0.435 e. The Morgan fingerprint density at radius 1 is 1.06 bits per heavy atom. The van der Waals surface area contributed by atoms with Gasteiger partial charge < -0.3 is 5.11 Å². The van der Waals surface area contributed by atoms with Crippen LogP contribution in [0.4, 0.5) is 4.79 Å². The van der Waals surface area contributed by atoms with E-state index in [1.165, 1.54) is 0 Å². The lowest BCUT2D eigenvalue weighted by Gasteiger charge is -2.31. The number of imide groups is 1. The summed E-state index contributed by atoms with van der Waals surface area (Å²) in [5.41, 5.74) is 0.932. The minimum absolute atomic E-state index is 0.0142. The second kappa shape index (κ2) is 10.5. The second-order valence-corrected chi connectivity index (χ2v) is 10.5. The van der Waals surface area contributed by atoms with Crippen LogP contribution < -0.4 is 0 Å². The van der Waals surface area contributed by atoms with Crippen molar-refractivity contribution in [3.05, 3.63) is 66.2 Å². The van der Waals surface area contributed by atoms with Gasteiger partial charge in [0.25, 0.3) is 0 Å². The zero-order valence-corrected chi connectivity index (χ0v) is 19.4. The fourth-order valence-electron chi connectivity index (χ4n) is 4.08. The average molecular weight is 459 g/mol. The third kappa shape index (κ3) is 5.59. The molecule has 2 aromatic carbocycles. The van der Waals surface area contributed by atoms with E-state index in [1.54, 1.807) is 18.7 Å². The maximum Gasteiger partial charge on any atom is 0.521 e. The number of carbonyl (C=O) groups excluding carboxylic acids is 2. The molecule has 1 fully saturated rings. The van der Waals surface area contributed by atoms with Crippen LogP contribution >= 0.6 is 23.5 Å². The van der Waals surface area contributed by atoms with Crippen molar-refractivity contribution in [2.45, 2.75) is 42.9 Å². The van der Waals surface area contributed by atoms with Crippen LogP contribution in [0.25, 0.3) is 0 Å². The highest BCUT2D eigenvalue weighted by Crippen LogP contribution is 2.39. The van der Waals surface area contributed by atoms with Gasteiger partial charge >= 0.3 is 12.0 Å². The van der Waals surface area contributed by atoms with Crippen molar-refractivity contribution >= 4 is 40.6 Å². The van der Waals surface area contributed by atoms with E-state index in [1.807, 2.05) is 67.6 Å². The number of benzene rings is 2. The van der Waals surface area contributed by atoms with Crippen molar-refractivity contribution in [3.63, 3.8) is 0 Å². The normalized spacial score (nSPS) is 23.9. The third-order valence-corrected chi connectivity index (χ3v) is 8.09. The summed E-state index contributed by atoms with van der Waals surface area (Å²) in [6.45, 7) is 3.85. The quantitative estimate of drug-likeness (QED) is 0.582. The summed E-state index contributed by atoms with van der Waals surface area (Å²) < 4.78 is -0.556. The van der Waals surface area contributed by atoms with Crippen LogP contribution in [0.2, 0.25) is 0 Å². The largest absolute Gasteiger partial charge is 0.521 e. The molecule has 1 unspecified atom stereocenters. The SMILES string of the molecule is CC(CSC(=O)Cc1ccccc1)C(=O)[N@@+]1(C(=O)O)C[C@H](Sc2ccccc2)C[C@H]1C. The molecule has 2 aromatic rings. The van der Waals surface area contributed by atoms with Crippen LogP contribution in [-0.4, -0.2) is 50.3 Å². The molecule has 1 aliphatic heterocycles. The number of amides is 2. The molecule has 2 amide bonds. The first-order valence-corrected chi connectivity index (χ1v) is 12.3. The predicted octanol–water partition coefficient (Wildman–Crippen LogP) is 5.10. The molecule has 1 saturated heterocycles. The molecule has 3 rings (SSSR count). The summed E-state index contributed by atoms with van der Waals surface area (Å²) in [6.07, 6.45) is -0.136. The van der Waals surface area contributed by atoms with Gasteiger partial charge in [-0.15, -0.1) is 11.8 Å². The Labute approximate surface area is 191 Å². The summed E-state index contributed by atoms with van der Waals surface area (Å²) in [7, 11) is 0. The number of rotatable bonds is 7. The Bertz CT molecular complexity index is 922. The number of carboxylic acid groups (broad SMARTS) is 1. The lowest BCUT2D eigenvalue weighted by atomic mass is 10.1. The molecule has 1 aliphatic rings. The number of likely N-dealkylation sites (tertiary alicyclic amines) is 1. The van der Waals surface area contributed by atoms with E-state index < -0.39 is 16.5 Å². The fourth-order valence-corrected chi connectivity index (χ4v) is 6.31. The summed E-state index contributed by atoms with van der Waals surface area (Å²) in [5.74, 6) is -0.541. The second-order valence-electron chi connectivity index (χ2n) is 8.06. The van der Waals surface area contributed by atoms with Gasteiger partial charge in [-0.1, -0.05) is 60.3 Å². The molecular formula is C24H28NO4S2+. The highest BCUT2D eigenvalue weighted by atomic mass is 32.2. The number of quaternary nitrogens is 1. The summed E-state index contributed by atoms with van der Waals surface area (Å²) in [4.78, 5) is 39.1. The number of thioether (sulfide) groups is 2. The van der Waals surface area contributed by atoms with Crippen LogP contribution in [0.3, 0.4) is 0 Å². The molecule has 1 heterocycles. The zero-order chi connectivity index (χ0) is 22.4. The maximum atomic E-state index is 13.3. The van der Waals surface area contributed by atoms with Crippen molar-refractivity contribution in [2.24, 2.45) is 5.92 Å². The van der Waals surface area contributed by atoms with Gasteiger partial charge in [0.1, 0.15) is 12.6 Å². The van der Waals surface area contributed by atoms with Gasteiger partial charge in [0.2, 0.25) is 0 Å². The topological polar surface area (TPSA) is 71.4 Å². The number of hydrogen-bond donors (Lipinski definition) is 1. The van der Waals surface area contributed by atoms with Gasteiger partial charge in [-0.3, -0.25) is 4.79 Å². The van der Waals surface area contributed by atoms with E-state index in [4.69, 9.17) is 0 Å². The first kappa shape index (κ1) is 23.6. The molecule has 0 bridgehead atoms. The van der Waals surface area contributed by atoms with Gasteiger partial charge in [-0.05, 0) is 31.5 Å². The van der Waals surface area contributed by atoms with E-state index in [2.05, 4.69) is 0 Å². The van der Waals surface area contributed by atoms with Crippen molar-refractivity contribution in [3.8, 4) is 0 Å². The van der Waals surface area contributed by atoms with E-state index in [0.29, 0.717) is 18.6 Å². The minimum Gasteiger partial charge on any atom is -0.435 e. The molecule has 7 heteroatoms. The van der Waals surface area contributed by atoms with Crippen molar-refractivity contribution in [1.82, 2.24) is 0 Å². The van der Waals surface area contributed by atoms with Crippen LogP contribution in [0.15, 0.2) is 65.6 Å². The first-order valence-electron chi connectivity index (χ1n) is 10.4. The number of hydrogen-bond acceptors (Lipinski definition) is 5. The Morgan fingerprint density at radius 3 is 2.29 bits per heavy atom. The predicted molar refractivity (Wildman–Crippen MR) is 125 cm³/mol. The average Bonchev–Trinajstić information content (AvgIpc) is 3.09. The Kier molecular flexibility index (Phi) is 7.97. The van der Waals surface area contributed by atoms with Crippen molar-refractivity contribution in [1.29, 1.82) is 0 Å². The van der Waals surface area contributed by atoms with Gasteiger partial charge in [0.15, 0.2) is 5.12 Å². The molecule has 4 atom stereocenters.